The minimum absolute atomic E-state index is 0.158. The molecule has 0 radical (unpaired) electrons. The number of nitrogens with two attached hydrogens (primary N) is 1. The number of hydrogen-bond acceptors (Lipinski definition) is 2. The van der Waals surface area contributed by atoms with Crippen LogP contribution in [0, 0.1) is 0 Å². The molecule has 0 saturated heterocycles. The van der Waals surface area contributed by atoms with Crippen molar-refractivity contribution in [2.75, 3.05) is 0 Å². The largest absolute Gasteiger partial charge is 0.464 e. The van der Waals surface area contributed by atoms with Gasteiger partial charge in [0.15, 0.2) is 0 Å². The van der Waals surface area contributed by atoms with E-state index in [2.05, 4.69) is 12.1 Å². The first-order chi connectivity index (χ1) is 7.25. The van der Waals surface area contributed by atoms with Gasteiger partial charge in [0.1, 0.15) is 5.58 Å². The highest BCUT2D eigenvalue weighted by Crippen LogP contribution is 2.36. The first-order valence-corrected chi connectivity index (χ1v) is 5.50. The van der Waals surface area contributed by atoms with E-state index >= 15 is 0 Å². The Bertz CT molecular complexity index is 482. The summed E-state index contributed by atoms with van der Waals surface area (Å²) in [4.78, 5) is 0. The summed E-state index contributed by atoms with van der Waals surface area (Å²) >= 11 is 0. The summed E-state index contributed by atoms with van der Waals surface area (Å²) in [5, 5.41) is 1.19. The second-order valence-electron chi connectivity index (χ2n) is 4.66. The predicted octanol–water partition coefficient (Wildman–Crippen LogP) is 2.86. The third kappa shape index (κ3) is 1.77. The molecule has 1 heterocycles. The van der Waals surface area contributed by atoms with Crippen molar-refractivity contribution >= 4 is 11.0 Å². The zero-order valence-corrected chi connectivity index (χ0v) is 8.70. The first kappa shape index (κ1) is 8.98. The minimum Gasteiger partial charge on any atom is -0.464 e. The Morgan fingerprint density at radius 3 is 2.93 bits per heavy atom. The van der Waals surface area contributed by atoms with Gasteiger partial charge in [-0.25, -0.2) is 0 Å². The summed E-state index contributed by atoms with van der Waals surface area (Å²) < 4.78 is 5.31. The summed E-state index contributed by atoms with van der Waals surface area (Å²) in [5.41, 5.74) is 8.55. The molecule has 78 valence electrons. The maximum Gasteiger partial charge on any atom is 0.133 e. The lowest BCUT2D eigenvalue weighted by molar-refractivity contribution is 0.608. The van der Waals surface area contributed by atoms with Gasteiger partial charge in [-0.3, -0.25) is 0 Å². The Balaban J connectivity index is 1.78. The number of furan rings is 1. The summed E-state index contributed by atoms with van der Waals surface area (Å²) in [7, 11) is 0. The lowest BCUT2D eigenvalue weighted by atomic mass is 10.0. The molecule has 1 aromatic heterocycles. The van der Waals surface area contributed by atoms with E-state index < -0.39 is 0 Å². The van der Waals surface area contributed by atoms with Gasteiger partial charge in [0, 0.05) is 10.9 Å². The van der Waals surface area contributed by atoms with E-state index in [1.165, 1.54) is 23.8 Å². The summed E-state index contributed by atoms with van der Waals surface area (Å²) in [6.45, 7) is 0. The van der Waals surface area contributed by atoms with Crippen LogP contribution in [0.5, 0.6) is 0 Å². The van der Waals surface area contributed by atoms with Crippen LogP contribution < -0.4 is 5.73 Å². The number of benzene rings is 1. The van der Waals surface area contributed by atoms with Crippen LogP contribution >= 0.6 is 0 Å². The van der Waals surface area contributed by atoms with Crippen molar-refractivity contribution < 1.29 is 4.42 Å². The smallest absolute Gasteiger partial charge is 0.133 e. The fourth-order valence-corrected chi connectivity index (χ4v) is 1.98. The molecule has 3 rings (SSSR count). The average molecular weight is 201 g/mol. The normalized spacial score (nSPS) is 18.2. The van der Waals surface area contributed by atoms with Crippen molar-refractivity contribution in [3.63, 3.8) is 0 Å². The fourth-order valence-electron chi connectivity index (χ4n) is 1.98. The number of fused-ring (bicyclic) bond motifs is 1. The van der Waals surface area contributed by atoms with Crippen molar-refractivity contribution in [1.29, 1.82) is 0 Å². The number of hydrogen-bond donors (Lipinski definition) is 1. The Labute approximate surface area is 89.1 Å². The van der Waals surface area contributed by atoms with Crippen LogP contribution in [-0.2, 0) is 6.42 Å². The molecule has 0 amide bonds. The van der Waals surface area contributed by atoms with Crippen molar-refractivity contribution in [3.8, 4) is 0 Å². The molecule has 2 nitrogen and oxygen atoms in total. The maximum atomic E-state index is 6.07. The highest BCUT2D eigenvalue weighted by molar-refractivity contribution is 5.77. The van der Waals surface area contributed by atoms with Gasteiger partial charge in [0.05, 0.1) is 6.26 Å². The van der Waals surface area contributed by atoms with Gasteiger partial charge < -0.3 is 10.2 Å². The van der Waals surface area contributed by atoms with Crippen molar-refractivity contribution in [2.24, 2.45) is 5.73 Å². The van der Waals surface area contributed by atoms with E-state index in [9.17, 15) is 0 Å². The van der Waals surface area contributed by atoms with Crippen LogP contribution in [0.25, 0.3) is 11.0 Å². The molecule has 1 aromatic carbocycles. The van der Waals surface area contributed by atoms with Gasteiger partial charge in [0.25, 0.3) is 0 Å². The standard InChI is InChI=1S/C13H15NO/c14-13(6-7-13)5-3-10-1-2-12-11(9-10)4-8-15-12/h1-2,4,8-9H,3,5-7,14H2. The van der Waals surface area contributed by atoms with Gasteiger partial charge in [0.2, 0.25) is 0 Å². The molecule has 1 aliphatic rings. The Morgan fingerprint density at radius 2 is 2.13 bits per heavy atom. The number of rotatable bonds is 3. The Hall–Kier alpha value is -1.28. The quantitative estimate of drug-likeness (QED) is 0.829. The zero-order chi connectivity index (χ0) is 10.3. The van der Waals surface area contributed by atoms with Gasteiger partial charge >= 0.3 is 0 Å². The van der Waals surface area contributed by atoms with E-state index in [-0.39, 0.29) is 5.54 Å². The van der Waals surface area contributed by atoms with Gasteiger partial charge in [-0.05, 0) is 49.4 Å². The molecule has 2 heteroatoms. The monoisotopic (exact) mass is 201 g/mol. The lowest BCUT2D eigenvalue weighted by Gasteiger charge is -2.07. The summed E-state index contributed by atoms with van der Waals surface area (Å²) in [6.07, 6.45) is 6.32. The predicted molar refractivity (Wildman–Crippen MR) is 60.7 cm³/mol. The van der Waals surface area contributed by atoms with Crippen LogP contribution in [-0.4, -0.2) is 5.54 Å². The molecule has 0 unspecified atom stereocenters. The van der Waals surface area contributed by atoms with E-state index in [0.717, 1.165) is 18.4 Å². The molecule has 0 bridgehead atoms. The second kappa shape index (κ2) is 3.11. The van der Waals surface area contributed by atoms with E-state index in [4.69, 9.17) is 10.2 Å². The highest BCUT2D eigenvalue weighted by Gasteiger charge is 2.37. The Morgan fingerprint density at radius 1 is 1.27 bits per heavy atom. The lowest BCUT2D eigenvalue weighted by Crippen LogP contribution is -2.21. The fraction of sp³-hybridized carbons (Fsp3) is 0.385. The van der Waals surface area contributed by atoms with Crippen LogP contribution in [0.15, 0.2) is 34.9 Å². The second-order valence-corrected chi connectivity index (χ2v) is 4.66. The average Bonchev–Trinajstić information content (AvgIpc) is 2.80. The summed E-state index contributed by atoms with van der Waals surface area (Å²) in [6, 6.07) is 8.39. The maximum absolute atomic E-state index is 6.07. The van der Waals surface area contributed by atoms with Crippen LogP contribution in [0.2, 0.25) is 0 Å². The summed E-state index contributed by atoms with van der Waals surface area (Å²) in [5.74, 6) is 0. The van der Waals surface area contributed by atoms with Crippen LogP contribution in [0.1, 0.15) is 24.8 Å². The molecule has 15 heavy (non-hydrogen) atoms. The zero-order valence-electron chi connectivity index (χ0n) is 8.70. The Kier molecular flexibility index (Phi) is 1.86. The molecule has 2 N–H and O–H groups in total. The van der Waals surface area contributed by atoms with E-state index in [1.54, 1.807) is 6.26 Å². The third-order valence-corrected chi connectivity index (χ3v) is 3.32. The van der Waals surface area contributed by atoms with Crippen LogP contribution in [0.4, 0.5) is 0 Å². The molecule has 0 aliphatic heterocycles. The first-order valence-electron chi connectivity index (χ1n) is 5.50. The topological polar surface area (TPSA) is 39.2 Å². The molecular formula is C13H15NO. The van der Waals surface area contributed by atoms with Gasteiger partial charge in [-0.15, -0.1) is 0 Å². The molecule has 0 spiro atoms. The van der Waals surface area contributed by atoms with E-state index in [0.29, 0.717) is 0 Å². The minimum atomic E-state index is 0.158. The van der Waals surface area contributed by atoms with Crippen molar-refractivity contribution in [1.82, 2.24) is 0 Å². The molecule has 2 aromatic rings. The molecule has 1 fully saturated rings. The molecule has 0 atom stereocenters. The van der Waals surface area contributed by atoms with Gasteiger partial charge in [-0.1, -0.05) is 6.07 Å². The van der Waals surface area contributed by atoms with Gasteiger partial charge in [-0.2, -0.15) is 0 Å². The number of aryl methyl sites for hydroxylation is 1. The van der Waals surface area contributed by atoms with Crippen molar-refractivity contribution in [3.05, 3.63) is 36.1 Å². The molecule has 1 saturated carbocycles. The van der Waals surface area contributed by atoms with E-state index in [1.807, 2.05) is 12.1 Å². The SMILES string of the molecule is NC1(CCc2ccc3occc3c2)CC1. The van der Waals surface area contributed by atoms with Crippen LogP contribution in [0.3, 0.4) is 0 Å². The highest BCUT2D eigenvalue weighted by atomic mass is 16.3. The third-order valence-electron chi connectivity index (χ3n) is 3.32. The molecule has 1 aliphatic carbocycles. The van der Waals surface area contributed by atoms with Crippen molar-refractivity contribution in [2.45, 2.75) is 31.2 Å². The molecular weight excluding hydrogens is 186 g/mol.